The molecular weight excluding hydrogens is 306 g/mol. The third-order valence-electron chi connectivity index (χ3n) is 4.84. The van der Waals surface area contributed by atoms with E-state index < -0.39 is 0 Å². The van der Waals surface area contributed by atoms with Gasteiger partial charge in [-0.1, -0.05) is 18.2 Å². The number of allylic oxidation sites excluding steroid dienone is 3. The number of hydrogen-bond donors (Lipinski definition) is 1. The fraction of sp³-hybridized carbons (Fsp3) is 0.611. The summed E-state index contributed by atoms with van der Waals surface area (Å²) in [6.45, 7) is 3.15. The first-order valence-corrected chi connectivity index (χ1v) is 9.54. The van der Waals surface area contributed by atoms with Crippen molar-refractivity contribution in [3.8, 4) is 0 Å². The lowest BCUT2D eigenvalue weighted by atomic mass is 9.89. The van der Waals surface area contributed by atoms with Gasteiger partial charge in [-0.05, 0) is 57.7 Å². The number of amidine groups is 1. The molecule has 1 saturated carbocycles. The van der Waals surface area contributed by atoms with Crippen molar-refractivity contribution >= 4 is 29.2 Å². The first-order chi connectivity index (χ1) is 11.2. The van der Waals surface area contributed by atoms with Crippen LogP contribution in [0.5, 0.6) is 0 Å². The molecule has 124 valence electrons. The molecule has 0 aromatic rings. The number of carbonyl (C=O) groups excluding carboxylic acids is 1. The Morgan fingerprint density at radius 3 is 2.78 bits per heavy atom. The SMILES string of the molecule is CNCC1CCC(SCC2=NC(=O)C3C=CC=C(C)C3=N2)CC1. The van der Waals surface area contributed by atoms with E-state index in [0.29, 0.717) is 11.1 Å². The predicted octanol–water partition coefficient (Wildman–Crippen LogP) is 3.01. The van der Waals surface area contributed by atoms with Crippen molar-refractivity contribution in [3.05, 3.63) is 23.8 Å². The molecule has 5 heteroatoms. The molecule has 1 heterocycles. The predicted molar refractivity (Wildman–Crippen MR) is 98.4 cm³/mol. The molecule has 0 bridgehead atoms. The van der Waals surface area contributed by atoms with Gasteiger partial charge in [-0.25, -0.2) is 4.99 Å². The lowest BCUT2D eigenvalue weighted by molar-refractivity contribution is -0.118. The van der Waals surface area contributed by atoms with Crippen LogP contribution in [-0.4, -0.2) is 42.0 Å². The van der Waals surface area contributed by atoms with Crippen molar-refractivity contribution in [1.29, 1.82) is 0 Å². The summed E-state index contributed by atoms with van der Waals surface area (Å²) in [6, 6.07) is 0. The standard InChI is InChI=1S/C18H25N3OS/c1-12-4-3-5-15-17(12)20-16(21-18(15)22)11-23-14-8-6-13(7-9-14)10-19-2/h3-5,13-15,19H,6-11H2,1-2H3. The third kappa shape index (κ3) is 4.01. The Kier molecular flexibility index (Phi) is 5.49. The van der Waals surface area contributed by atoms with E-state index in [1.165, 1.54) is 25.7 Å². The second-order valence-corrected chi connectivity index (χ2v) is 7.88. The first-order valence-electron chi connectivity index (χ1n) is 8.49. The van der Waals surface area contributed by atoms with E-state index >= 15 is 0 Å². The van der Waals surface area contributed by atoms with Gasteiger partial charge in [0.25, 0.3) is 5.91 Å². The fourth-order valence-corrected chi connectivity index (χ4v) is 4.62. The molecule has 0 aromatic heterocycles. The maximum Gasteiger partial charge on any atom is 0.260 e. The molecule has 0 saturated heterocycles. The Morgan fingerprint density at radius 1 is 1.26 bits per heavy atom. The molecule has 0 spiro atoms. The van der Waals surface area contributed by atoms with E-state index in [1.807, 2.05) is 44.0 Å². The summed E-state index contributed by atoms with van der Waals surface area (Å²) >= 11 is 1.92. The molecule has 1 unspecified atom stereocenters. The van der Waals surface area contributed by atoms with Crippen LogP contribution in [0.25, 0.3) is 0 Å². The summed E-state index contributed by atoms with van der Waals surface area (Å²) in [5.41, 5.74) is 1.97. The molecule has 0 radical (unpaired) electrons. The minimum atomic E-state index is -0.259. The summed E-state index contributed by atoms with van der Waals surface area (Å²) in [4.78, 5) is 21.1. The van der Waals surface area contributed by atoms with Crippen molar-refractivity contribution in [1.82, 2.24) is 5.32 Å². The number of nitrogens with zero attached hydrogens (tertiary/aromatic N) is 2. The minimum absolute atomic E-state index is 0.0629. The molecule has 23 heavy (non-hydrogen) atoms. The average molecular weight is 331 g/mol. The zero-order valence-electron chi connectivity index (χ0n) is 13.9. The molecule has 4 nitrogen and oxygen atoms in total. The van der Waals surface area contributed by atoms with Gasteiger partial charge in [-0.2, -0.15) is 16.8 Å². The molecule has 3 rings (SSSR count). The Hall–Kier alpha value is -1.20. The van der Waals surface area contributed by atoms with Gasteiger partial charge in [0.1, 0.15) is 11.8 Å². The van der Waals surface area contributed by atoms with Gasteiger partial charge >= 0.3 is 0 Å². The summed E-state index contributed by atoms with van der Waals surface area (Å²) in [5, 5.41) is 3.96. The Bertz CT molecular complexity index is 583. The number of rotatable bonds is 5. The van der Waals surface area contributed by atoms with Gasteiger partial charge in [0, 0.05) is 5.25 Å². The highest BCUT2D eigenvalue weighted by molar-refractivity contribution is 8.00. The summed E-state index contributed by atoms with van der Waals surface area (Å²) in [7, 11) is 2.03. The fourth-order valence-electron chi connectivity index (χ4n) is 3.50. The average Bonchev–Trinajstić information content (AvgIpc) is 2.56. The number of carbonyl (C=O) groups is 1. The summed E-state index contributed by atoms with van der Waals surface area (Å²) in [6.07, 6.45) is 11.0. The molecule has 0 aromatic carbocycles. The van der Waals surface area contributed by atoms with Crippen LogP contribution in [0.3, 0.4) is 0 Å². The lowest BCUT2D eigenvalue weighted by Crippen LogP contribution is -2.30. The lowest BCUT2D eigenvalue weighted by Gasteiger charge is -2.28. The van der Waals surface area contributed by atoms with E-state index in [-0.39, 0.29) is 11.8 Å². The topological polar surface area (TPSA) is 53.8 Å². The van der Waals surface area contributed by atoms with Crippen LogP contribution in [-0.2, 0) is 4.79 Å². The number of aliphatic imine (C=N–C) groups is 2. The zero-order chi connectivity index (χ0) is 16.2. The summed E-state index contributed by atoms with van der Waals surface area (Å²) < 4.78 is 0. The molecule has 1 fully saturated rings. The van der Waals surface area contributed by atoms with Gasteiger partial charge in [0.15, 0.2) is 0 Å². The maximum atomic E-state index is 12.2. The highest BCUT2D eigenvalue weighted by Gasteiger charge is 2.29. The molecule has 1 N–H and O–H groups in total. The van der Waals surface area contributed by atoms with Gasteiger partial charge in [-0.15, -0.1) is 0 Å². The number of fused-ring (bicyclic) bond motifs is 1. The Labute approximate surface area is 142 Å². The Balaban J connectivity index is 1.54. The smallest absolute Gasteiger partial charge is 0.260 e. The second-order valence-electron chi connectivity index (χ2n) is 6.59. The van der Waals surface area contributed by atoms with Crippen LogP contribution in [0.1, 0.15) is 32.6 Å². The second kappa shape index (κ2) is 7.58. The van der Waals surface area contributed by atoms with Gasteiger partial charge in [0.05, 0.1) is 11.5 Å². The quantitative estimate of drug-likeness (QED) is 0.842. The first kappa shape index (κ1) is 16.7. The van der Waals surface area contributed by atoms with Crippen LogP contribution in [0.4, 0.5) is 0 Å². The minimum Gasteiger partial charge on any atom is -0.319 e. The molecule has 2 aliphatic carbocycles. The number of hydrogen-bond acceptors (Lipinski definition) is 4. The number of amides is 1. The van der Waals surface area contributed by atoms with Crippen molar-refractivity contribution in [2.45, 2.75) is 37.9 Å². The van der Waals surface area contributed by atoms with Gasteiger partial charge in [-0.3, -0.25) is 4.79 Å². The van der Waals surface area contributed by atoms with Crippen molar-refractivity contribution in [2.75, 3.05) is 19.3 Å². The van der Waals surface area contributed by atoms with Crippen LogP contribution < -0.4 is 5.32 Å². The summed E-state index contributed by atoms with van der Waals surface area (Å²) in [5.74, 6) is 1.96. The molecule has 3 aliphatic rings. The molecule has 1 amide bonds. The zero-order valence-corrected chi connectivity index (χ0v) is 14.7. The van der Waals surface area contributed by atoms with Crippen molar-refractivity contribution in [2.24, 2.45) is 21.8 Å². The van der Waals surface area contributed by atoms with Gasteiger partial charge < -0.3 is 5.32 Å². The van der Waals surface area contributed by atoms with E-state index in [2.05, 4.69) is 15.3 Å². The third-order valence-corrected chi connectivity index (χ3v) is 6.21. The van der Waals surface area contributed by atoms with E-state index in [4.69, 9.17) is 0 Å². The van der Waals surface area contributed by atoms with Gasteiger partial charge in [0.2, 0.25) is 0 Å². The Morgan fingerprint density at radius 2 is 2.04 bits per heavy atom. The van der Waals surface area contributed by atoms with E-state index in [0.717, 1.165) is 29.5 Å². The van der Waals surface area contributed by atoms with Crippen LogP contribution in [0.15, 0.2) is 33.8 Å². The highest BCUT2D eigenvalue weighted by Crippen LogP contribution is 2.32. The highest BCUT2D eigenvalue weighted by atomic mass is 32.2. The van der Waals surface area contributed by atoms with Crippen molar-refractivity contribution in [3.63, 3.8) is 0 Å². The maximum absolute atomic E-state index is 12.2. The van der Waals surface area contributed by atoms with Crippen LogP contribution >= 0.6 is 11.8 Å². The normalized spacial score (nSPS) is 30.4. The molecular formula is C18H25N3OS. The van der Waals surface area contributed by atoms with E-state index in [1.54, 1.807) is 0 Å². The number of thioether (sulfide) groups is 1. The molecule has 1 aliphatic heterocycles. The van der Waals surface area contributed by atoms with Crippen LogP contribution in [0, 0.1) is 11.8 Å². The number of nitrogens with one attached hydrogen (secondary N) is 1. The largest absolute Gasteiger partial charge is 0.319 e. The molecule has 1 atom stereocenters. The monoisotopic (exact) mass is 331 g/mol. The van der Waals surface area contributed by atoms with E-state index in [9.17, 15) is 4.79 Å². The van der Waals surface area contributed by atoms with Crippen molar-refractivity contribution < 1.29 is 4.79 Å². The van der Waals surface area contributed by atoms with Crippen LogP contribution in [0.2, 0.25) is 0 Å².